The molecule has 96 valence electrons. The summed E-state index contributed by atoms with van der Waals surface area (Å²) in [7, 11) is 0. The van der Waals surface area contributed by atoms with Gasteiger partial charge in [0.1, 0.15) is 5.82 Å². The first kappa shape index (κ1) is 11.9. The third-order valence-corrected chi connectivity index (χ3v) is 3.15. The summed E-state index contributed by atoms with van der Waals surface area (Å²) >= 11 is 0. The lowest BCUT2D eigenvalue weighted by atomic mass is 10.1. The van der Waals surface area contributed by atoms with E-state index in [4.69, 9.17) is 5.73 Å². The second-order valence-corrected chi connectivity index (χ2v) is 4.74. The maximum Gasteiger partial charge on any atom is 0.177 e. The predicted octanol–water partition coefficient (Wildman–Crippen LogP) is 2.51. The zero-order valence-corrected chi connectivity index (χ0v) is 10.8. The molecule has 1 unspecified atom stereocenters. The topological polar surface area (TPSA) is 67.6 Å². The van der Waals surface area contributed by atoms with Gasteiger partial charge in [-0.25, -0.2) is 9.97 Å². The van der Waals surface area contributed by atoms with Crippen molar-refractivity contribution in [1.82, 2.24) is 15.0 Å². The van der Waals surface area contributed by atoms with Crippen LogP contribution in [0.15, 0.2) is 42.5 Å². The van der Waals surface area contributed by atoms with Crippen LogP contribution in [-0.4, -0.2) is 15.0 Å². The van der Waals surface area contributed by atoms with Crippen LogP contribution in [0.5, 0.6) is 0 Å². The van der Waals surface area contributed by atoms with Crippen molar-refractivity contribution in [2.45, 2.75) is 19.4 Å². The molecule has 0 spiro atoms. The Hall–Kier alpha value is -2.20. The molecule has 0 saturated carbocycles. The molecule has 0 bridgehead atoms. The first-order valence-electron chi connectivity index (χ1n) is 6.35. The molecule has 2 heterocycles. The Morgan fingerprint density at radius 2 is 1.89 bits per heavy atom. The van der Waals surface area contributed by atoms with E-state index >= 15 is 0 Å². The molecular weight excluding hydrogens is 236 g/mol. The highest BCUT2D eigenvalue weighted by Crippen LogP contribution is 2.17. The van der Waals surface area contributed by atoms with Crippen LogP contribution in [0, 0.1) is 6.92 Å². The van der Waals surface area contributed by atoms with Crippen molar-refractivity contribution >= 4 is 11.2 Å². The standard InChI is InChI=1S/C15H16N4/c1-10-7-8-13-15(17-10)19-14(18-13)12(16)9-11-5-3-2-4-6-11/h2-8,12H,9,16H2,1H3,(H,17,18,19). The molecule has 0 aliphatic heterocycles. The molecule has 0 aliphatic rings. The fraction of sp³-hybridized carbons (Fsp3) is 0.200. The molecule has 4 heteroatoms. The molecule has 1 atom stereocenters. The Morgan fingerprint density at radius 3 is 2.68 bits per heavy atom. The van der Waals surface area contributed by atoms with Crippen molar-refractivity contribution in [3.63, 3.8) is 0 Å². The minimum atomic E-state index is -0.142. The molecule has 3 N–H and O–H groups in total. The lowest BCUT2D eigenvalue weighted by molar-refractivity contribution is 0.680. The van der Waals surface area contributed by atoms with Gasteiger partial charge >= 0.3 is 0 Å². The first-order chi connectivity index (χ1) is 9.22. The number of aromatic nitrogens is 3. The molecule has 0 saturated heterocycles. The number of hydrogen-bond donors (Lipinski definition) is 2. The normalized spacial score (nSPS) is 12.7. The second-order valence-electron chi connectivity index (χ2n) is 4.74. The summed E-state index contributed by atoms with van der Waals surface area (Å²) in [6.45, 7) is 1.96. The number of fused-ring (bicyclic) bond motifs is 1. The minimum absolute atomic E-state index is 0.142. The summed E-state index contributed by atoms with van der Waals surface area (Å²) in [5, 5.41) is 0. The maximum atomic E-state index is 6.21. The molecule has 0 amide bonds. The van der Waals surface area contributed by atoms with Crippen LogP contribution in [0.1, 0.15) is 23.1 Å². The fourth-order valence-electron chi connectivity index (χ4n) is 2.15. The Bertz CT molecular complexity index is 688. The molecule has 3 aromatic rings. The van der Waals surface area contributed by atoms with E-state index in [2.05, 4.69) is 27.1 Å². The zero-order chi connectivity index (χ0) is 13.2. The van der Waals surface area contributed by atoms with Crippen LogP contribution in [0.2, 0.25) is 0 Å². The number of pyridine rings is 1. The van der Waals surface area contributed by atoms with Crippen LogP contribution in [0.4, 0.5) is 0 Å². The van der Waals surface area contributed by atoms with E-state index in [1.54, 1.807) is 0 Å². The van der Waals surface area contributed by atoms with Crippen LogP contribution in [-0.2, 0) is 6.42 Å². The largest absolute Gasteiger partial charge is 0.339 e. The summed E-state index contributed by atoms with van der Waals surface area (Å²) in [6.07, 6.45) is 0.764. The van der Waals surface area contributed by atoms with Gasteiger partial charge in [0.15, 0.2) is 5.65 Å². The van der Waals surface area contributed by atoms with E-state index < -0.39 is 0 Å². The van der Waals surface area contributed by atoms with Gasteiger partial charge in [-0.15, -0.1) is 0 Å². The van der Waals surface area contributed by atoms with Gasteiger partial charge in [0, 0.05) is 5.69 Å². The molecule has 19 heavy (non-hydrogen) atoms. The van der Waals surface area contributed by atoms with Crippen molar-refractivity contribution < 1.29 is 0 Å². The van der Waals surface area contributed by atoms with Crippen LogP contribution in [0.25, 0.3) is 11.2 Å². The summed E-state index contributed by atoms with van der Waals surface area (Å²) in [4.78, 5) is 12.1. The van der Waals surface area contributed by atoms with Crippen molar-refractivity contribution in [2.75, 3.05) is 0 Å². The number of hydrogen-bond acceptors (Lipinski definition) is 3. The summed E-state index contributed by atoms with van der Waals surface area (Å²) in [5.74, 6) is 0.789. The van der Waals surface area contributed by atoms with Crippen molar-refractivity contribution in [3.8, 4) is 0 Å². The van der Waals surface area contributed by atoms with Crippen LogP contribution < -0.4 is 5.73 Å². The lowest BCUT2D eigenvalue weighted by Gasteiger charge is -2.08. The number of aryl methyl sites for hydroxylation is 1. The third kappa shape index (κ3) is 2.48. The SMILES string of the molecule is Cc1ccc2[nH]c(C(N)Cc3ccccc3)nc2n1. The Labute approximate surface area is 111 Å². The minimum Gasteiger partial charge on any atom is -0.339 e. The number of imidazole rings is 1. The van der Waals surface area contributed by atoms with Gasteiger partial charge in [-0.2, -0.15) is 0 Å². The molecule has 2 aromatic heterocycles. The van der Waals surface area contributed by atoms with Crippen LogP contribution in [0.3, 0.4) is 0 Å². The highest BCUT2D eigenvalue weighted by molar-refractivity contribution is 5.70. The van der Waals surface area contributed by atoms with E-state index in [1.807, 2.05) is 37.3 Å². The van der Waals surface area contributed by atoms with Gasteiger partial charge in [-0.05, 0) is 31.0 Å². The average molecular weight is 252 g/mol. The average Bonchev–Trinajstić information content (AvgIpc) is 2.83. The molecular formula is C15H16N4. The number of nitrogens with two attached hydrogens (primary N) is 1. The number of H-pyrrole nitrogens is 1. The summed E-state index contributed by atoms with van der Waals surface area (Å²) in [5.41, 5.74) is 10.0. The monoisotopic (exact) mass is 252 g/mol. The number of benzene rings is 1. The third-order valence-electron chi connectivity index (χ3n) is 3.15. The Morgan fingerprint density at radius 1 is 1.11 bits per heavy atom. The molecule has 0 radical (unpaired) electrons. The van der Waals surface area contributed by atoms with E-state index in [9.17, 15) is 0 Å². The van der Waals surface area contributed by atoms with Crippen molar-refractivity contribution in [3.05, 3.63) is 59.5 Å². The fourth-order valence-corrected chi connectivity index (χ4v) is 2.15. The molecule has 4 nitrogen and oxygen atoms in total. The number of rotatable bonds is 3. The van der Waals surface area contributed by atoms with Gasteiger partial charge < -0.3 is 10.7 Å². The highest BCUT2D eigenvalue weighted by atomic mass is 15.0. The van der Waals surface area contributed by atoms with E-state index in [0.717, 1.165) is 29.1 Å². The smallest absolute Gasteiger partial charge is 0.177 e. The highest BCUT2D eigenvalue weighted by Gasteiger charge is 2.12. The van der Waals surface area contributed by atoms with Gasteiger partial charge in [0.25, 0.3) is 0 Å². The second kappa shape index (κ2) is 4.82. The van der Waals surface area contributed by atoms with Gasteiger partial charge in [-0.1, -0.05) is 30.3 Å². The number of aromatic amines is 1. The van der Waals surface area contributed by atoms with E-state index in [0.29, 0.717) is 0 Å². The summed E-state index contributed by atoms with van der Waals surface area (Å²) < 4.78 is 0. The van der Waals surface area contributed by atoms with Gasteiger partial charge in [0.2, 0.25) is 0 Å². The molecule has 1 aromatic carbocycles. The van der Waals surface area contributed by atoms with E-state index in [1.165, 1.54) is 5.56 Å². The molecule has 0 aliphatic carbocycles. The number of nitrogens with one attached hydrogen (secondary N) is 1. The van der Waals surface area contributed by atoms with Crippen molar-refractivity contribution in [2.24, 2.45) is 5.73 Å². The van der Waals surface area contributed by atoms with Gasteiger partial charge in [-0.3, -0.25) is 0 Å². The maximum absolute atomic E-state index is 6.21. The first-order valence-corrected chi connectivity index (χ1v) is 6.35. The predicted molar refractivity (Wildman–Crippen MR) is 75.7 cm³/mol. The zero-order valence-electron chi connectivity index (χ0n) is 10.8. The number of nitrogens with zero attached hydrogens (tertiary/aromatic N) is 2. The Kier molecular flexibility index (Phi) is 3.01. The van der Waals surface area contributed by atoms with Gasteiger partial charge in [0.05, 0.1) is 11.6 Å². The van der Waals surface area contributed by atoms with Crippen LogP contribution >= 0.6 is 0 Å². The molecule has 3 rings (SSSR count). The lowest BCUT2D eigenvalue weighted by Crippen LogP contribution is -2.14. The summed E-state index contributed by atoms with van der Waals surface area (Å²) in [6, 6.07) is 14.0. The van der Waals surface area contributed by atoms with E-state index in [-0.39, 0.29) is 6.04 Å². The quantitative estimate of drug-likeness (QED) is 0.752. The van der Waals surface area contributed by atoms with Crippen molar-refractivity contribution in [1.29, 1.82) is 0 Å². The molecule has 0 fully saturated rings. The Balaban J connectivity index is 1.87.